The summed E-state index contributed by atoms with van der Waals surface area (Å²) >= 11 is 0. The number of likely N-dealkylation sites (N-methyl/N-ethyl adjacent to an activating group) is 1. The lowest BCUT2D eigenvalue weighted by molar-refractivity contribution is -0.117. The molecule has 3 N–H and O–H groups in total. The highest BCUT2D eigenvalue weighted by atomic mass is 16.3. The summed E-state index contributed by atoms with van der Waals surface area (Å²) in [5, 5.41) is 16.8. The van der Waals surface area contributed by atoms with Crippen LogP contribution in [0.2, 0.25) is 0 Å². The molecule has 1 amide bonds. The van der Waals surface area contributed by atoms with Crippen molar-refractivity contribution in [3.63, 3.8) is 0 Å². The number of aliphatic hydroxyl groups is 1. The third-order valence-electron chi connectivity index (χ3n) is 5.06. The Kier molecular flexibility index (Phi) is 5.87. The summed E-state index contributed by atoms with van der Waals surface area (Å²) in [5.41, 5.74) is 5.74. The molecule has 0 saturated heterocycles. The molecule has 6 nitrogen and oxygen atoms in total. The second kappa shape index (κ2) is 8.33. The number of amides is 1. The van der Waals surface area contributed by atoms with Crippen LogP contribution in [0.3, 0.4) is 0 Å². The molecule has 0 spiro atoms. The third kappa shape index (κ3) is 3.81. The lowest BCUT2D eigenvalue weighted by atomic mass is 9.99. The van der Waals surface area contributed by atoms with Gasteiger partial charge in [-0.05, 0) is 50.0 Å². The van der Waals surface area contributed by atoms with Crippen molar-refractivity contribution >= 4 is 11.7 Å². The van der Waals surface area contributed by atoms with Gasteiger partial charge in [0.2, 0.25) is 0 Å². The van der Waals surface area contributed by atoms with Crippen LogP contribution in [0.15, 0.2) is 58.2 Å². The third-order valence-corrected chi connectivity index (χ3v) is 5.06. The van der Waals surface area contributed by atoms with E-state index in [1.165, 1.54) is 16.7 Å². The number of carbonyl (C=O) groups is 1. The molecule has 0 aliphatic carbocycles. The maximum absolute atomic E-state index is 12.4. The van der Waals surface area contributed by atoms with Gasteiger partial charge in [-0.2, -0.15) is 0 Å². The van der Waals surface area contributed by atoms with E-state index in [2.05, 4.69) is 47.7 Å². The minimum atomic E-state index is -0.179. The molecule has 0 bridgehead atoms. The number of benzene rings is 1. The number of amidine groups is 1. The highest BCUT2D eigenvalue weighted by molar-refractivity contribution is 6.06. The number of hydrogen-bond acceptors (Lipinski definition) is 5. The van der Waals surface area contributed by atoms with E-state index in [1.807, 2.05) is 13.8 Å². The van der Waals surface area contributed by atoms with Gasteiger partial charge in [0.25, 0.3) is 5.91 Å². The van der Waals surface area contributed by atoms with E-state index in [0.717, 1.165) is 17.7 Å². The van der Waals surface area contributed by atoms with E-state index in [1.54, 1.807) is 17.2 Å². The summed E-state index contributed by atoms with van der Waals surface area (Å²) in [4.78, 5) is 18.6. The zero-order valence-corrected chi connectivity index (χ0v) is 17.0. The Balaban J connectivity index is 1.92. The summed E-state index contributed by atoms with van der Waals surface area (Å²) in [5.74, 6) is 0.578. The zero-order valence-electron chi connectivity index (χ0n) is 17.0. The number of rotatable bonds is 6. The summed E-state index contributed by atoms with van der Waals surface area (Å²) in [7, 11) is 0. The van der Waals surface area contributed by atoms with Crippen LogP contribution in [-0.4, -0.2) is 34.8 Å². The molecule has 0 atom stereocenters. The van der Waals surface area contributed by atoms with E-state index in [9.17, 15) is 9.90 Å². The molecule has 2 heterocycles. The topological polar surface area (TPSA) is 77.0 Å². The van der Waals surface area contributed by atoms with Gasteiger partial charge in [-0.1, -0.05) is 25.1 Å². The van der Waals surface area contributed by atoms with Gasteiger partial charge in [-0.3, -0.25) is 14.7 Å². The van der Waals surface area contributed by atoms with Crippen molar-refractivity contribution in [2.24, 2.45) is 4.99 Å². The van der Waals surface area contributed by atoms with Crippen molar-refractivity contribution in [3.05, 3.63) is 69.9 Å². The minimum Gasteiger partial charge on any atom is -0.494 e. The Hall–Kier alpha value is -3.02. The average Bonchev–Trinajstić information content (AvgIpc) is 2.69. The maximum Gasteiger partial charge on any atom is 0.252 e. The predicted octanol–water partition coefficient (Wildman–Crippen LogP) is 3.07. The number of aliphatic hydroxyl groups excluding tert-OH is 1. The summed E-state index contributed by atoms with van der Waals surface area (Å²) in [6, 6.07) is 6.32. The molecule has 3 rings (SSSR count). The highest BCUT2D eigenvalue weighted by Gasteiger charge is 2.28. The van der Waals surface area contributed by atoms with Crippen LogP contribution >= 0.6 is 0 Å². The summed E-state index contributed by atoms with van der Waals surface area (Å²) in [6.07, 6.45) is 4.40. The first kappa shape index (κ1) is 19.7. The van der Waals surface area contributed by atoms with Gasteiger partial charge in [0.05, 0.1) is 17.8 Å². The Morgan fingerprint density at radius 2 is 2.07 bits per heavy atom. The number of hydrogen-bond donors (Lipinski definition) is 3. The largest absolute Gasteiger partial charge is 0.494 e. The first-order valence-electron chi connectivity index (χ1n) is 9.72. The van der Waals surface area contributed by atoms with Crippen LogP contribution in [0.5, 0.6) is 0 Å². The van der Waals surface area contributed by atoms with Gasteiger partial charge in [0, 0.05) is 24.9 Å². The highest BCUT2D eigenvalue weighted by Crippen LogP contribution is 2.25. The van der Waals surface area contributed by atoms with Gasteiger partial charge >= 0.3 is 0 Å². The lowest BCUT2D eigenvalue weighted by Crippen LogP contribution is -2.40. The van der Waals surface area contributed by atoms with Crippen molar-refractivity contribution < 1.29 is 9.90 Å². The normalized spacial score (nSPS) is 16.1. The fraction of sp³-hybridized carbons (Fsp3) is 0.364. The first-order valence-corrected chi connectivity index (χ1v) is 9.72. The molecule has 0 unspecified atom stereocenters. The monoisotopic (exact) mass is 380 g/mol. The summed E-state index contributed by atoms with van der Waals surface area (Å²) < 4.78 is 0. The molecule has 0 fully saturated rings. The first-order chi connectivity index (χ1) is 13.5. The molecule has 0 radical (unpaired) electrons. The molecule has 6 heteroatoms. The molecular formula is C22H28N4O2. The maximum atomic E-state index is 12.4. The number of nitrogens with one attached hydrogen (secondary N) is 2. The standard InChI is InChI=1S/C22H28N4O2/c1-5-16-9-7-8-14(3)18(16)12-24-19-10-17(21(27)23-6-2)13-26-20(19)25-11-15(4)22(26)28/h7-10,13,24,28H,5-6,11-12H2,1-4H3,(H,23,27). The number of nitrogens with zero attached hydrogens (tertiary/aromatic N) is 2. The van der Waals surface area contributed by atoms with E-state index >= 15 is 0 Å². The van der Waals surface area contributed by atoms with Crippen molar-refractivity contribution in [1.82, 2.24) is 15.5 Å². The van der Waals surface area contributed by atoms with Gasteiger partial charge in [0.1, 0.15) is 0 Å². The van der Waals surface area contributed by atoms with Crippen molar-refractivity contribution in [2.45, 2.75) is 40.7 Å². The Bertz CT molecular complexity index is 909. The quantitative estimate of drug-likeness (QED) is 0.709. The van der Waals surface area contributed by atoms with E-state index in [-0.39, 0.29) is 11.8 Å². The van der Waals surface area contributed by atoms with Crippen molar-refractivity contribution in [1.29, 1.82) is 0 Å². The molecule has 2 aliphatic rings. The van der Waals surface area contributed by atoms with E-state index in [0.29, 0.717) is 31.0 Å². The molecule has 148 valence electrons. The van der Waals surface area contributed by atoms with Gasteiger partial charge < -0.3 is 15.7 Å². The van der Waals surface area contributed by atoms with E-state index < -0.39 is 0 Å². The second-order valence-corrected chi connectivity index (χ2v) is 7.04. The Morgan fingerprint density at radius 3 is 2.79 bits per heavy atom. The Labute approximate surface area is 166 Å². The van der Waals surface area contributed by atoms with Crippen LogP contribution in [0.25, 0.3) is 0 Å². The molecule has 0 saturated carbocycles. The van der Waals surface area contributed by atoms with E-state index in [4.69, 9.17) is 0 Å². The van der Waals surface area contributed by atoms with Crippen LogP contribution < -0.4 is 10.6 Å². The van der Waals surface area contributed by atoms with Crippen molar-refractivity contribution in [2.75, 3.05) is 13.1 Å². The molecule has 28 heavy (non-hydrogen) atoms. The van der Waals surface area contributed by atoms with Gasteiger partial charge in [-0.25, -0.2) is 0 Å². The van der Waals surface area contributed by atoms with Crippen molar-refractivity contribution in [3.8, 4) is 0 Å². The number of aliphatic imine (C=N–C) groups is 1. The summed E-state index contributed by atoms with van der Waals surface area (Å²) in [6.45, 7) is 9.57. The molecule has 2 aliphatic heterocycles. The molecule has 1 aromatic carbocycles. The smallest absolute Gasteiger partial charge is 0.252 e. The fourth-order valence-corrected chi connectivity index (χ4v) is 3.43. The Morgan fingerprint density at radius 1 is 1.29 bits per heavy atom. The molecular weight excluding hydrogens is 352 g/mol. The van der Waals surface area contributed by atoms with Gasteiger partial charge in [-0.15, -0.1) is 0 Å². The number of fused-ring (bicyclic) bond motifs is 1. The van der Waals surface area contributed by atoms with Crippen LogP contribution in [0.1, 0.15) is 37.5 Å². The molecule has 1 aromatic rings. The SMILES string of the molecule is CCNC(=O)C1=CN2C(=NCC(C)=C2O)C(NCc2c(C)cccc2CC)=C1. The fourth-order valence-electron chi connectivity index (χ4n) is 3.43. The second-order valence-electron chi connectivity index (χ2n) is 7.04. The van der Waals surface area contributed by atoms with Crippen LogP contribution in [0.4, 0.5) is 0 Å². The van der Waals surface area contributed by atoms with Gasteiger partial charge in [0.15, 0.2) is 11.7 Å². The number of carbonyl (C=O) groups excluding carboxylic acids is 1. The zero-order chi connectivity index (χ0) is 20.3. The van der Waals surface area contributed by atoms with Crippen LogP contribution in [0, 0.1) is 6.92 Å². The van der Waals surface area contributed by atoms with Crippen LogP contribution in [-0.2, 0) is 17.8 Å². The lowest BCUT2D eigenvalue weighted by Gasteiger charge is -2.32. The predicted molar refractivity (Wildman–Crippen MR) is 112 cm³/mol. The number of aryl methyl sites for hydroxylation is 2. The average molecular weight is 380 g/mol. The minimum absolute atomic E-state index is 0.129. The molecule has 0 aromatic heterocycles.